The molecule has 1 aromatic heterocycles. The van der Waals surface area contributed by atoms with Gasteiger partial charge in [0.2, 0.25) is 11.8 Å². The molecule has 0 bridgehead atoms. The lowest BCUT2D eigenvalue weighted by Crippen LogP contribution is -2.53. The largest absolute Gasteiger partial charge is 0.418 e. The van der Waals surface area contributed by atoms with E-state index < -0.39 is 17.6 Å². The van der Waals surface area contributed by atoms with E-state index in [1.165, 1.54) is 28.6 Å². The van der Waals surface area contributed by atoms with E-state index in [2.05, 4.69) is 28.6 Å². The summed E-state index contributed by atoms with van der Waals surface area (Å²) in [6, 6.07) is 7.29. The Morgan fingerprint density at radius 3 is 2.52 bits per heavy atom. The van der Waals surface area contributed by atoms with Crippen molar-refractivity contribution in [2.45, 2.75) is 25.6 Å². The highest BCUT2D eigenvalue weighted by Crippen LogP contribution is 2.35. The molecule has 1 fully saturated rings. The first kappa shape index (κ1) is 23.7. The van der Waals surface area contributed by atoms with Gasteiger partial charge in [0.25, 0.3) is 0 Å². The average Bonchev–Trinajstić information content (AvgIpc) is 3.25. The van der Waals surface area contributed by atoms with Gasteiger partial charge in [-0.1, -0.05) is 12.1 Å². The van der Waals surface area contributed by atoms with Crippen molar-refractivity contribution < 1.29 is 22.8 Å². The zero-order chi connectivity index (χ0) is 23.6. The summed E-state index contributed by atoms with van der Waals surface area (Å²) >= 11 is 1.77. The van der Waals surface area contributed by atoms with Crippen LogP contribution in [0, 0.1) is 0 Å². The number of piperazine rings is 1. The van der Waals surface area contributed by atoms with E-state index >= 15 is 0 Å². The fourth-order valence-corrected chi connectivity index (χ4v) is 5.40. The summed E-state index contributed by atoms with van der Waals surface area (Å²) in [4.78, 5) is 32.5. The Morgan fingerprint density at radius 2 is 1.79 bits per heavy atom. The maximum absolute atomic E-state index is 13.1. The minimum Gasteiger partial charge on any atom is -0.339 e. The maximum Gasteiger partial charge on any atom is 0.418 e. The van der Waals surface area contributed by atoms with Gasteiger partial charge in [0.1, 0.15) is 0 Å². The van der Waals surface area contributed by atoms with Crippen LogP contribution in [0.3, 0.4) is 0 Å². The highest BCUT2D eigenvalue weighted by molar-refractivity contribution is 7.10. The molecule has 2 amide bonds. The molecule has 0 aliphatic carbocycles. The molecule has 1 atom stereocenters. The number of nitrogens with one attached hydrogen (secondary N) is 1. The van der Waals surface area contributed by atoms with Crippen molar-refractivity contribution in [2.24, 2.45) is 0 Å². The highest BCUT2D eigenvalue weighted by atomic mass is 32.1. The SMILES string of the molecule is C[C@H]1c2ccsc2CCN1CC(=O)N1CCN(CC(=O)Nc2ccccc2C(F)(F)F)CC1. The van der Waals surface area contributed by atoms with Crippen molar-refractivity contribution in [3.8, 4) is 0 Å². The molecule has 1 N–H and O–H groups in total. The number of nitrogens with zero attached hydrogens (tertiary/aromatic N) is 3. The third kappa shape index (κ3) is 5.56. The highest BCUT2D eigenvalue weighted by Gasteiger charge is 2.34. The van der Waals surface area contributed by atoms with Gasteiger partial charge in [-0.3, -0.25) is 19.4 Å². The molecule has 3 heterocycles. The lowest BCUT2D eigenvalue weighted by Gasteiger charge is -2.37. The fourth-order valence-electron chi connectivity index (χ4n) is 4.44. The van der Waals surface area contributed by atoms with Crippen molar-refractivity contribution in [1.29, 1.82) is 0 Å². The summed E-state index contributed by atoms with van der Waals surface area (Å²) in [5, 5.41) is 4.48. The smallest absolute Gasteiger partial charge is 0.339 e. The van der Waals surface area contributed by atoms with Crippen molar-refractivity contribution in [3.63, 3.8) is 0 Å². The third-order valence-corrected chi connectivity index (χ3v) is 7.34. The molecule has 10 heteroatoms. The Balaban J connectivity index is 1.25. The molecule has 1 saturated heterocycles. The number of carbonyl (C=O) groups excluding carboxylic acids is 2. The maximum atomic E-state index is 13.1. The van der Waals surface area contributed by atoms with E-state index in [4.69, 9.17) is 0 Å². The molecule has 2 aliphatic heterocycles. The normalized spacial score (nSPS) is 19.9. The number of alkyl halides is 3. The monoisotopic (exact) mass is 480 g/mol. The zero-order valence-corrected chi connectivity index (χ0v) is 19.2. The zero-order valence-electron chi connectivity index (χ0n) is 18.4. The van der Waals surface area contributed by atoms with Gasteiger partial charge < -0.3 is 10.2 Å². The fraction of sp³-hybridized carbons (Fsp3) is 0.478. The molecule has 6 nitrogen and oxygen atoms in total. The topological polar surface area (TPSA) is 55.9 Å². The second kappa shape index (κ2) is 9.82. The standard InChI is InChI=1S/C23H27F3N4O2S/c1-16-17-7-13-33-20(17)6-8-30(16)15-22(32)29-11-9-28(10-12-29)14-21(31)27-19-5-3-2-4-18(19)23(24,25)26/h2-5,7,13,16H,6,8-12,14-15H2,1H3,(H,27,31)/t16-/m0/s1. The van der Waals surface area contributed by atoms with Crippen molar-refractivity contribution in [1.82, 2.24) is 14.7 Å². The summed E-state index contributed by atoms with van der Waals surface area (Å²) in [6.07, 6.45) is -3.57. The van der Waals surface area contributed by atoms with Crippen molar-refractivity contribution >= 4 is 28.8 Å². The molecule has 33 heavy (non-hydrogen) atoms. The second-order valence-electron chi connectivity index (χ2n) is 8.44. The van der Waals surface area contributed by atoms with Crippen LogP contribution in [0.15, 0.2) is 35.7 Å². The van der Waals surface area contributed by atoms with E-state index in [0.717, 1.165) is 19.0 Å². The number of hydrogen-bond donors (Lipinski definition) is 1. The van der Waals surface area contributed by atoms with Gasteiger partial charge in [0.05, 0.1) is 24.3 Å². The number of anilines is 1. The van der Waals surface area contributed by atoms with Crippen LogP contribution in [0.25, 0.3) is 0 Å². The number of hydrogen-bond acceptors (Lipinski definition) is 5. The molecule has 0 radical (unpaired) electrons. The van der Waals surface area contributed by atoms with Crippen LogP contribution in [0.2, 0.25) is 0 Å². The third-order valence-electron chi connectivity index (χ3n) is 6.34. The molecular formula is C23H27F3N4O2S. The van der Waals surface area contributed by atoms with Crippen LogP contribution >= 0.6 is 11.3 Å². The van der Waals surface area contributed by atoms with E-state index in [9.17, 15) is 22.8 Å². The molecular weight excluding hydrogens is 453 g/mol. The molecule has 2 aromatic rings. The van der Waals surface area contributed by atoms with Crippen molar-refractivity contribution in [3.05, 3.63) is 51.7 Å². The Kier molecular flexibility index (Phi) is 7.06. The number of halogens is 3. The van der Waals surface area contributed by atoms with E-state index in [1.54, 1.807) is 11.3 Å². The van der Waals surface area contributed by atoms with Gasteiger partial charge in [-0.05, 0) is 42.5 Å². The van der Waals surface area contributed by atoms with Crippen LogP contribution in [-0.4, -0.2) is 72.3 Å². The van der Waals surface area contributed by atoms with Gasteiger partial charge in [-0.15, -0.1) is 11.3 Å². The first-order valence-corrected chi connectivity index (χ1v) is 11.9. The number of para-hydroxylation sites is 1. The molecule has 2 aliphatic rings. The van der Waals surface area contributed by atoms with Crippen LogP contribution in [0.5, 0.6) is 0 Å². The molecule has 0 saturated carbocycles. The Hall–Kier alpha value is -2.43. The van der Waals surface area contributed by atoms with Gasteiger partial charge in [-0.2, -0.15) is 13.2 Å². The first-order valence-electron chi connectivity index (χ1n) is 11.0. The lowest BCUT2D eigenvalue weighted by molar-refractivity contribution is -0.137. The molecule has 178 valence electrons. The van der Waals surface area contributed by atoms with Crippen LogP contribution in [0.1, 0.15) is 29.0 Å². The first-order chi connectivity index (χ1) is 15.7. The van der Waals surface area contributed by atoms with Gasteiger partial charge in [-0.25, -0.2) is 0 Å². The summed E-state index contributed by atoms with van der Waals surface area (Å²) in [7, 11) is 0. The van der Waals surface area contributed by atoms with Crippen LogP contribution < -0.4 is 5.32 Å². The summed E-state index contributed by atoms with van der Waals surface area (Å²) in [5.41, 5.74) is 0.200. The predicted octanol–water partition coefficient (Wildman–Crippen LogP) is 3.47. The summed E-state index contributed by atoms with van der Waals surface area (Å²) < 4.78 is 39.4. The number of rotatable bonds is 5. The van der Waals surface area contributed by atoms with Crippen molar-refractivity contribution in [2.75, 3.05) is 51.1 Å². The van der Waals surface area contributed by atoms with Gasteiger partial charge >= 0.3 is 6.18 Å². The summed E-state index contributed by atoms with van der Waals surface area (Å²) in [5.74, 6) is -0.427. The number of benzene rings is 1. The van der Waals surface area contributed by atoms with E-state index in [0.29, 0.717) is 32.7 Å². The summed E-state index contributed by atoms with van der Waals surface area (Å²) in [6.45, 7) is 5.35. The average molecular weight is 481 g/mol. The second-order valence-corrected chi connectivity index (χ2v) is 9.44. The number of amides is 2. The Labute approximate surface area is 195 Å². The van der Waals surface area contributed by atoms with Gasteiger partial charge in [0.15, 0.2) is 0 Å². The Morgan fingerprint density at radius 1 is 1.06 bits per heavy atom. The minimum atomic E-state index is -4.54. The molecule has 0 unspecified atom stereocenters. The molecule has 4 rings (SSSR count). The Bertz CT molecular complexity index is 1000. The van der Waals surface area contributed by atoms with Crippen LogP contribution in [0.4, 0.5) is 18.9 Å². The number of fused-ring (bicyclic) bond motifs is 1. The number of thiophene rings is 1. The van der Waals surface area contributed by atoms with E-state index in [-0.39, 0.29) is 24.2 Å². The molecule has 1 aromatic carbocycles. The molecule has 0 spiro atoms. The predicted molar refractivity (Wildman–Crippen MR) is 121 cm³/mol. The van der Waals surface area contributed by atoms with Gasteiger partial charge in [0, 0.05) is 43.6 Å². The van der Waals surface area contributed by atoms with E-state index in [1.807, 2.05) is 9.80 Å². The van der Waals surface area contributed by atoms with Crippen LogP contribution in [-0.2, 0) is 22.2 Å². The minimum absolute atomic E-state index is 0.0156. The quantitative estimate of drug-likeness (QED) is 0.712. The lowest BCUT2D eigenvalue weighted by atomic mass is 10.0. The number of carbonyl (C=O) groups is 2.